The summed E-state index contributed by atoms with van der Waals surface area (Å²) >= 11 is 0. The Kier molecular flexibility index (Phi) is 4.92. The standard InChI is InChI=1S/C18H24N4O4S/c23-17-14-21(18(24)22(17)16-6-2-1-3-7-16)15-8-12-20(13-9-15)27(25,26)19-10-4-5-11-19/h1-3,6-7,15H,4-5,8-14H2. The number of nitrogens with zero attached hydrogens (tertiary/aromatic N) is 4. The summed E-state index contributed by atoms with van der Waals surface area (Å²) in [4.78, 5) is 28.0. The van der Waals surface area contributed by atoms with E-state index in [0.717, 1.165) is 12.8 Å². The Labute approximate surface area is 159 Å². The number of piperidine rings is 1. The summed E-state index contributed by atoms with van der Waals surface area (Å²) in [5, 5.41) is 0. The minimum Gasteiger partial charge on any atom is -0.312 e. The monoisotopic (exact) mass is 392 g/mol. The molecule has 0 aromatic heterocycles. The van der Waals surface area contributed by atoms with Gasteiger partial charge in [0.25, 0.3) is 16.1 Å². The van der Waals surface area contributed by atoms with E-state index in [2.05, 4.69) is 0 Å². The third-order valence-corrected chi connectivity index (χ3v) is 7.62. The third kappa shape index (κ3) is 3.35. The molecule has 0 saturated carbocycles. The molecule has 1 aromatic rings. The van der Waals surface area contributed by atoms with Crippen LogP contribution in [-0.2, 0) is 15.0 Å². The Hall–Kier alpha value is -1.97. The Morgan fingerprint density at radius 2 is 1.44 bits per heavy atom. The largest absolute Gasteiger partial charge is 0.332 e. The Morgan fingerprint density at radius 1 is 0.852 bits per heavy atom. The van der Waals surface area contributed by atoms with Crippen molar-refractivity contribution in [2.45, 2.75) is 31.7 Å². The van der Waals surface area contributed by atoms with Gasteiger partial charge in [0.2, 0.25) is 0 Å². The normalized spacial score (nSPS) is 23.6. The van der Waals surface area contributed by atoms with Gasteiger partial charge < -0.3 is 4.90 Å². The molecular weight excluding hydrogens is 368 g/mol. The number of hydrogen-bond donors (Lipinski definition) is 0. The van der Waals surface area contributed by atoms with Gasteiger partial charge >= 0.3 is 6.03 Å². The molecular formula is C18H24N4O4S. The number of anilines is 1. The first-order valence-corrected chi connectivity index (χ1v) is 10.8. The highest BCUT2D eigenvalue weighted by molar-refractivity contribution is 7.86. The first kappa shape index (κ1) is 18.4. The van der Waals surface area contributed by atoms with Crippen molar-refractivity contribution >= 4 is 27.8 Å². The highest BCUT2D eigenvalue weighted by Gasteiger charge is 2.43. The zero-order chi connectivity index (χ0) is 19.0. The average Bonchev–Trinajstić information content (AvgIpc) is 3.31. The number of hydrogen-bond acceptors (Lipinski definition) is 4. The van der Waals surface area contributed by atoms with Crippen LogP contribution in [0.3, 0.4) is 0 Å². The lowest BCUT2D eigenvalue weighted by Crippen LogP contribution is -2.51. The van der Waals surface area contributed by atoms with E-state index in [9.17, 15) is 18.0 Å². The molecule has 3 aliphatic rings. The van der Waals surface area contributed by atoms with Crippen molar-refractivity contribution in [3.05, 3.63) is 30.3 Å². The summed E-state index contributed by atoms with van der Waals surface area (Å²) in [5.41, 5.74) is 0.573. The SMILES string of the molecule is O=C1CN(C2CCN(S(=O)(=O)N3CCCC3)CC2)C(=O)N1c1ccccc1. The fourth-order valence-corrected chi connectivity index (χ4v) is 5.82. The molecule has 3 saturated heterocycles. The molecule has 3 amide bonds. The number of urea groups is 1. The molecule has 9 heteroatoms. The molecule has 0 unspecified atom stereocenters. The second kappa shape index (κ2) is 7.21. The molecule has 3 aliphatic heterocycles. The van der Waals surface area contributed by atoms with Crippen molar-refractivity contribution in [1.82, 2.24) is 13.5 Å². The molecule has 0 bridgehead atoms. The van der Waals surface area contributed by atoms with Gasteiger partial charge in [-0.3, -0.25) is 4.79 Å². The molecule has 0 atom stereocenters. The second-order valence-corrected chi connectivity index (χ2v) is 9.15. The van der Waals surface area contributed by atoms with Crippen LogP contribution in [0.5, 0.6) is 0 Å². The van der Waals surface area contributed by atoms with Gasteiger partial charge in [-0.25, -0.2) is 9.69 Å². The molecule has 0 N–H and O–H groups in total. The molecule has 146 valence electrons. The number of amides is 3. The van der Waals surface area contributed by atoms with Gasteiger partial charge in [-0.1, -0.05) is 18.2 Å². The number of para-hydroxylation sites is 1. The van der Waals surface area contributed by atoms with Gasteiger partial charge in [-0.05, 0) is 37.8 Å². The lowest BCUT2D eigenvalue weighted by atomic mass is 10.1. The van der Waals surface area contributed by atoms with Crippen molar-refractivity contribution in [2.24, 2.45) is 0 Å². The van der Waals surface area contributed by atoms with Crippen LogP contribution in [0.25, 0.3) is 0 Å². The molecule has 27 heavy (non-hydrogen) atoms. The Balaban J connectivity index is 1.41. The van der Waals surface area contributed by atoms with Gasteiger partial charge in [0.05, 0.1) is 5.69 Å². The van der Waals surface area contributed by atoms with Crippen LogP contribution in [-0.4, -0.2) is 72.6 Å². The van der Waals surface area contributed by atoms with Crippen molar-refractivity contribution in [3.63, 3.8) is 0 Å². The summed E-state index contributed by atoms with van der Waals surface area (Å²) < 4.78 is 28.4. The quantitative estimate of drug-likeness (QED) is 0.723. The van der Waals surface area contributed by atoms with Gasteiger partial charge in [-0.15, -0.1) is 0 Å². The summed E-state index contributed by atoms with van der Waals surface area (Å²) in [6.45, 7) is 2.00. The van der Waals surface area contributed by atoms with Gasteiger partial charge in [0.15, 0.2) is 0 Å². The highest BCUT2D eigenvalue weighted by atomic mass is 32.2. The highest BCUT2D eigenvalue weighted by Crippen LogP contribution is 2.28. The summed E-state index contributed by atoms with van der Waals surface area (Å²) in [5.74, 6) is -0.238. The average molecular weight is 392 g/mol. The molecule has 0 spiro atoms. The fourth-order valence-electron chi connectivity index (χ4n) is 4.10. The van der Waals surface area contributed by atoms with E-state index < -0.39 is 10.2 Å². The van der Waals surface area contributed by atoms with E-state index in [0.29, 0.717) is 44.7 Å². The van der Waals surface area contributed by atoms with Crippen molar-refractivity contribution in [2.75, 3.05) is 37.6 Å². The van der Waals surface area contributed by atoms with Crippen LogP contribution in [0, 0.1) is 0 Å². The van der Waals surface area contributed by atoms with E-state index in [1.54, 1.807) is 33.5 Å². The van der Waals surface area contributed by atoms with Crippen LogP contribution >= 0.6 is 0 Å². The molecule has 3 heterocycles. The van der Waals surface area contributed by atoms with Crippen molar-refractivity contribution in [3.8, 4) is 0 Å². The Morgan fingerprint density at radius 3 is 2.07 bits per heavy atom. The smallest absolute Gasteiger partial charge is 0.312 e. The van der Waals surface area contributed by atoms with Crippen LogP contribution in [0.2, 0.25) is 0 Å². The van der Waals surface area contributed by atoms with Crippen LogP contribution in [0.4, 0.5) is 10.5 Å². The van der Waals surface area contributed by atoms with Gasteiger partial charge in [-0.2, -0.15) is 17.0 Å². The van der Waals surface area contributed by atoms with Gasteiger partial charge in [0.1, 0.15) is 6.54 Å². The van der Waals surface area contributed by atoms with E-state index in [1.165, 1.54) is 9.21 Å². The van der Waals surface area contributed by atoms with E-state index >= 15 is 0 Å². The third-order valence-electron chi connectivity index (χ3n) is 5.59. The predicted molar refractivity (Wildman–Crippen MR) is 100 cm³/mol. The number of rotatable bonds is 4. The lowest BCUT2D eigenvalue weighted by molar-refractivity contribution is -0.116. The summed E-state index contributed by atoms with van der Waals surface area (Å²) in [7, 11) is -3.40. The van der Waals surface area contributed by atoms with E-state index in [4.69, 9.17) is 0 Å². The zero-order valence-corrected chi connectivity index (χ0v) is 16.0. The summed E-state index contributed by atoms with van der Waals surface area (Å²) in [6.07, 6.45) is 2.92. The molecule has 0 radical (unpaired) electrons. The fraction of sp³-hybridized carbons (Fsp3) is 0.556. The topological polar surface area (TPSA) is 81.2 Å². The first-order chi connectivity index (χ1) is 13.0. The molecule has 8 nitrogen and oxygen atoms in total. The molecule has 1 aromatic carbocycles. The van der Waals surface area contributed by atoms with Crippen molar-refractivity contribution in [1.29, 1.82) is 0 Å². The molecule has 3 fully saturated rings. The molecule has 0 aliphatic carbocycles. The number of imide groups is 1. The summed E-state index contributed by atoms with van der Waals surface area (Å²) in [6, 6.07) is 8.48. The number of carbonyl (C=O) groups excluding carboxylic acids is 2. The Bertz CT molecular complexity index is 815. The van der Waals surface area contributed by atoms with Crippen LogP contribution < -0.4 is 4.90 Å². The minimum absolute atomic E-state index is 0.0528. The van der Waals surface area contributed by atoms with Crippen molar-refractivity contribution < 1.29 is 18.0 Å². The number of carbonyl (C=O) groups is 2. The first-order valence-electron chi connectivity index (χ1n) is 9.42. The number of benzene rings is 1. The lowest BCUT2D eigenvalue weighted by Gasteiger charge is -2.36. The maximum atomic E-state index is 12.8. The van der Waals surface area contributed by atoms with E-state index in [1.807, 2.05) is 6.07 Å². The zero-order valence-electron chi connectivity index (χ0n) is 15.2. The maximum absolute atomic E-state index is 12.8. The maximum Gasteiger partial charge on any atom is 0.332 e. The minimum atomic E-state index is -3.40. The predicted octanol–water partition coefficient (Wildman–Crippen LogP) is 1.26. The van der Waals surface area contributed by atoms with E-state index in [-0.39, 0.29) is 24.5 Å². The molecule has 4 rings (SSSR count). The van der Waals surface area contributed by atoms with Crippen LogP contribution in [0.1, 0.15) is 25.7 Å². The van der Waals surface area contributed by atoms with Gasteiger partial charge in [0, 0.05) is 32.2 Å². The second-order valence-electron chi connectivity index (χ2n) is 7.22. The van der Waals surface area contributed by atoms with Crippen LogP contribution in [0.15, 0.2) is 30.3 Å².